The van der Waals surface area contributed by atoms with E-state index >= 15 is 0 Å². The highest BCUT2D eigenvalue weighted by molar-refractivity contribution is 7.67. The van der Waals surface area contributed by atoms with Crippen LogP contribution in [0.4, 0.5) is 13.2 Å². The van der Waals surface area contributed by atoms with Gasteiger partial charge in [-0.1, -0.05) is 18.2 Å². The Morgan fingerprint density at radius 2 is 1.55 bits per heavy atom. The fourth-order valence-corrected chi connectivity index (χ4v) is 4.26. The second kappa shape index (κ2) is 6.27. The maximum Gasteiger partial charge on any atom is 0.350 e. The first kappa shape index (κ1) is 16.8. The standard InChI is InChI=1S/C16H16F3O2P/c1-12(2)21-22(20,15-6-4-3-5-7-15)16(18,19)13-8-10-14(17)11-9-13/h3-12H,1-2H3. The number of rotatable bonds is 5. The average molecular weight is 328 g/mol. The SMILES string of the molecule is CC(C)OP(=O)(c1ccccc1)C(F)(F)c1ccc(F)cc1. The Hall–Kier alpha value is -1.58. The lowest BCUT2D eigenvalue weighted by molar-refractivity contribution is 0.0626. The van der Waals surface area contributed by atoms with Crippen LogP contribution in [0.2, 0.25) is 0 Å². The third-order valence-corrected chi connectivity index (χ3v) is 5.71. The van der Waals surface area contributed by atoms with Gasteiger partial charge in [-0.2, -0.15) is 8.78 Å². The van der Waals surface area contributed by atoms with Crippen molar-refractivity contribution < 1.29 is 22.3 Å². The normalized spacial score (nSPS) is 14.8. The van der Waals surface area contributed by atoms with Crippen LogP contribution in [-0.2, 0) is 14.8 Å². The molecule has 22 heavy (non-hydrogen) atoms. The van der Waals surface area contributed by atoms with Gasteiger partial charge in [0.2, 0.25) is 0 Å². The highest BCUT2D eigenvalue weighted by atomic mass is 31.2. The van der Waals surface area contributed by atoms with E-state index in [1.165, 1.54) is 38.1 Å². The Morgan fingerprint density at radius 3 is 2.05 bits per heavy atom. The zero-order chi connectivity index (χ0) is 16.4. The molecule has 0 heterocycles. The van der Waals surface area contributed by atoms with E-state index < -0.39 is 30.5 Å². The lowest BCUT2D eigenvalue weighted by atomic mass is 10.2. The van der Waals surface area contributed by atoms with Gasteiger partial charge in [0.05, 0.1) is 6.10 Å². The van der Waals surface area contributed by atoms with E-state index in [9.17, 15) is 17.7 Å². The molecule has 0 aliphatic heterocycles. The molecular formula is C16H16F3O2P. The minimum Gasteiger partial charge on any atom is -0.318 e. The summed E-state index contributed by atoms with van der Waals surface area (Å²) in [7, 11) is -4.52. The molecule has 2 rings (SSSR count). The van der Waals surface area contributed by atoms with Gasteiger partial charge in [0.25, 0.3) is 0 Å². The quantitative estimate of drug-likeness (QED) is 0.730. The summed E-state index contributed by atoms with van der Waals surface area (Å²) < 4.78 is 61.0. The van der Waals surface area contributed by atoms with E-state index in [1.54, 1.807) is 6.07 Å². The van der Waals surface area contributed by atoms with Gasteiger partial charge in [0.15, 0.2) is 0 Å². The van der Waals surface area contributed by atoms with Crippen LogP contribution >= 0.6 is 7.37 Å². The lowest BCUT2D eigenvalue weighted by Crippen LogP contribution is -2.25. The van der Waals surface area contributed by atoms with Crippen LogP contribution in [-0.4, -0.2) is 6.10 Å². The molecule has 0 fully saturated rings. The molecule has 0 saturated carbocycles. The van der Waals surface area contributed by atoms with Crippen LogP contribution in [0.5, 0.6) is 0 Å². The fourth-order valence-electron chi connectivity index (χ4n) is 2.03. The number of alkyl halides is 2. The highest BCUT2D eigenvalue weighted by Gasteiger charge is 2.54. The molecule has 0 N–H and O–H groups in total. The first-order chi connectivity index (χ1) is 10.3. The Balaban J connectivity index is 2.57. The molecule has 1 atom stereocenters. The van der Waals surface area contributed by atoms with E-state index in [2.05, 4.69) is 0 Å². The van der Waals surface area contributed by atoms with Crippen molar-refractivity contribution in [3.05, 3.63) is 66.0 Å². The maximum atomic E-state index is 14.9. The monoisotopic (exact) mass is 328 g/mol. The van der Waals surface area contributed by atoms with Crippen LogP contribution in [0.3, 0.4) is 0 Å². The predicted molar refractivity (Wildman–Crippen MR) is 80.2 cm³/mol. The van der Waals surface area contributed by atoms with E-state index in [-0.39, 0.29) is 5.30 Å². The summed E-state index contributed by atoms with van der Waals surface area (Å²) in [6, 6.07) is 11.0. The Morgan fingerprint density at radius 1 is 1.00 bits per heavy atom. The molecule has 2 aromatic rings. The van der Waals surface area contributed by atoms with Crippen LogP contribution < -0.4 is 5.30 Å². The van der Waals surface area contributed by atoms with Gasteiger partial charge in [0.1, 0.15) is 5.82 Å². The second-order valence-electron chi connectivity index (χ2n) is 5.09. The topological polar surface area (TPSA) is 26.3 Å². The molecule has 0 radical (unpaired) electrons. The second-order valence-corrected chi connectivity index (χ2v) is 7.48. The molecule has 1 unspecified atom stereocenters. The zero-order valence-corrected chi connectivity index (χ0v) is 13.1. The molecular weight excluding hydrogens is 312 g/mol. The summed E-state index contributed by atoms with van der Waals surface area (Å²) in [6.07, 6.45) is -0.655. The van der Waals surface area contributed by atoms with Gasteiger partial charge in [-0.15, -0.1) is 0 Å². The molecule has 0 saturated heterocycles. The van der Waals surface area contributed by atoms with Crippen molar-refractivity contribution in [2.24, 2.45) is 0 Å². The van der Waals surface area contributed by atoms with Gasteiger partial charge in [-0.25, -0.2) is 4.39 Å². The van der Waals surface area contributed by atoms with Crippen molar-refractivity contribution in [2.45, 2.75) is 25.6 Å². The van der Waals surface area contributed by atoms with Gasteiger partial charge in [-0.3, -0.25) is 4.57 Å². The van der Waals surface area contributed by atoms with Gasteiger partial charge in [0, 0.05) is 10.9 Å². The molecule has 0 aliphatic carbocycles. The Labute approximate surface area is 127 Å². The van der Waals surface area contributed by atoms with Crippen LogP contribution in [0.1, 0.15) is 19.4 Å². The molecule has 0 aliphatic rings. The summed E-state index contributed by atoms with van der Waals surface area (Å²) in [5.41, 5.74) is -4.30. The van der Waals surface area contributed by atoms with Crippen molar-refractivity contribution in [3.63, 3.8) is 0 Å². The van der Waals surface area contributed by atoms with E-state index in [4.69, 9.17) is 4.52 Å². The van der Waals surface area contributed by atoms with Crippen molar-refractivity contribution in [1.82, 2.24) is 0 Å². The molecule has 118 valence electrons. The summed E-state index contributed by atoms with van der Waals surface area (Å²) >= 11 is 0. The lowest BCUT2D eigenvalue weighted by Gasteiger charge is -2.29. The van der Waals surface area contributed by atoms with Gasteiger partial charge >= 0.3 is 13.0 Å². The highest BCUT2D eigenvalue weighted by Crippen LogP contribution is 2.65. The summed E-state index contributed by atoms with van der Waals surface area (Å²) in [5.74, 6) is -0.640. The first-order valence-electron chi connectivity index (χ1n) is 6.75. The minimum atomic E-state index is -4.52. The third-order valence-electron chi connectivity index (χ3n) is 3.02. The minimum absolute atomic E-state index is 0.0713. The van der Waals surface area contributed by atoms with Crippen molar-refractivity contribution in [3.8, 4) is 0 Å². The zero-order valence-electron chi connectivity index (χ0n) is 12.2. The van der Waals surface area contributed by atoms with E-state index in [0.717, 1.165) is 24.3 Å². The Bertz CT molecular complexity index is 670. The predicted octanol–water partition coefficient (Wildman–Crippen LogP) is 4.90. The summed E-state index contributed by atoms with van der Waals surface area (Å²) in [6.45, 7) is 3.08. The van der Waals surface area contributed by atoms with Gasteiger partial charge in [-0.05, 0) is 50.2 Å². The third kappa shape index (κ3) is 3.11. The molecule has 0 bridgehead atoms. The van der Waals surface area contributed by atoms with Crippen LogP contribution in [0.25, 0.3) is 0 Å². The number of hydrogen-bond acceptors (Lipinski definition) is 2. The van der Waals surface area contributed by atoms with Crippen LogP contribution in [0, 0.1) is 5.82 Å². The summed E-state index contributed by atoms with van der Waals surface area (Å²) in [4.78, 5) is 0. The van der Waals surface area contributed by atoms with E-state index in [0.29, 0.717) is 0 Å². The molecule has 0 aromatic heterocycles. The average Bonchev–Trinajstić information content (AvgIpc) is 2.47. The molecule has 0 amide bonds. The fraction of sp³-hybridized carbons (Fsp3) is 0.250. The first-order valence-corrected chi connectivity index (χ1v) is 8.38. The molecule has 0 spiro atoms. The smallest absolute Gasteiger partial charge is 0.318 e. The molecule has 2 aromatic carbocycles. The number of halogens is 3. The summed E-state index contributed by atoms with van der Waals surface area (Å²) in [5, 5.41) is -0.0713. The molecule has 6 heteroatoms. The van der Waals surface area contributed by atoms with Crippen molar-refractivity contribution >= 4 is 12.7 Å². The maximum absolute atomic E-state index is 14.9. The van der Waals surface area contributed by atoms with Crippen LogP contribution in [0.15, 0.2) is 54.6 Å². The number of hydrogen-bond donors (Lipinski definition) is 0. The van der Waals surface area contributed by atoms with Gasteiger partial charge < -0.3 is 4.52 Å². The molecule has 2 nitrogen and oxygen atoms in total. The van der Waals surface area contributed by atoms with E-state index in [1.807, 2.05) is 0 Å². The largest absolute Gasteiger partial charge is 0.350 e. The number of benzene rings is 2. The Kier molecular flexibility index (Phi) is 4.78. The van der Waals surface area contributed by atoms with Crippen molar-refractivity contribution in [2.75, 3.05) is 0 Å². The van der Waals surface area contributed by atoms with Crippen molar-refractivity contribution in [1.29, 1.82) is 0 Å².